The van der Waals surface area contributed by atoms with Crippen molar-refractivity contribution in [3.05, 3.63) is 85.9 Å². The average molecular weight is 441 g/mol. The topological polar surface area (TPSA) is 85.1 Å². The van der Waals surface area contributed by atoms with Crippen LogP contribution in [0.15, 0.2) is 45.3 Å². The van der Waals surface area contributed by atoms with Gasteiger partial charge in [0, 0.05) is 35.7 Å². The van der Waals surface area contributed by atoms with Crippen LogP contribution in [0, 0.1) is 29.1 Å². The Morgan fingerprint density at radius 3 is 2.33 bits per heavy atom. The van der Waals surface area contributed by atoms with E-state index in [2.05, 4.69) is 15.2 Å². The summed E-state index contributed by atoms with van der Waals surface area (Å²) in [6, 6.07) is 1.70. The Hall–Kier alpha value is -3.48. The monoisotopic (exact) mass is 441 g/mol. The van der Waals surface area contributed by atoms with Gasteiger partial charge in [0.15, 0.2) is 22.3 Å². The minimum absolute atomic E-state index is 0.213. The van der Waals surface area contributed by atoms with Gasteiger partial charge in [-0.1, -0.05) is 11.8 Å². The fourth-order valence-electron chi connectivity index (χ4n) is 2.64. The molecule has 0 atom stereocenters. The number of aromatic nitrogens is 5. The molecule has 0 saturated heterocycles. The SMILES string of the molecule is O=c1[nH]cc(-n2c(SCc3c(F)cc(F)cc3F)nn3ncc(F)c3c2=O)cc1F. The van der Waals surface area contributed by atoms with E-state index in [1.165, 1.54) is 0 Å². The van der Waals surface area contributed by atoms with Crippen molar-refractivity contribution in [2.75, 3.05) is 0 Å². The third-order valence-electron chi connectivity index (χ3n) is 4.04. The standard InChI is InChI=1S/C17H8F5N5O2S/c18-7-1-10(19)9(11(20)2-7)6-30-17-25-27-14(13(22)5-24-27)16(29)26(17)8-3-12(21)15(28)23-4-8/h1-5H,6H2,(H,23,28). The lowest BCUT2D eigenvalue weighted by Crippen LogP contribution is -2.26. The molecule has 0 spiro atoms. The highest BCUT2D eigenvalue weighted by Crippen LogP contribution is 2.26. The van der Waals surface area contributed by atoms with Gasteiger partial charge < -0.3 is 4.98 Å². The summed E-state index contributed by atoms with van der Waals surface area (Å²) >= 11 is 0.629. The molecular weight excluding hydrogens is 433 g/mol. The Labute approximate surface area is 166 Å². The molecule has 13 heteroatoms. The van der Waals surface area contributed by atoms with Crippen LogP contribution in [0.3, 0.4) is 0 Å². The summed E-state index contributed by atoms with van der Waals surface area (Å²) in [6.07, 6.45) is 1.72. The first-order chi connectivity index (χ1) is 14.3. The van der Waals surface area contributed by atoms with E-state index in [1.54, 1.807) is 0 Å². The highest BCUT2D eigenvalue weighted by atomic mass is 32.2. The van der Waals surface area contributed by atoms with E-state index in [0.717, 1.165) is 23.0 Å². The summed E-state index contributed by atoms with van der Waals surface area (Å²) < 4.78 is 70.1. The van der Waals surface area contributed by atoms with E-state index < -0.39 is 57.0 Å². The van der Waals surface area contributed by atoms with Crippen molar-refractivity contribution in [2.24, 2.45) is 0 Å². The summed E-state index contributed by atoms with van der Waals surface area (Å²) in [5.74, 6) is -6.08. The molecule has 7 nitrogen and oxygen atoms in total. The summed E-state index contributed by atoms with van der Waals surface area (Å²) in [5, 5.41) is 7.27. The highest BCUT2D eigenvalue weighted by Gasteiger charge is 2.20. The van der Waals surface area contributed by atoms with Crippen LogP contribution in [0.5, 0.6) is 0 Å². The van der Waals surface area contributed by atoms with Gasteiger partial charge in [-0.15, -0.1) is 9.73 Å². The Kier molecular flexibility index (Phi) is 4.89. The molecule has 0 unspecified atom stereocenters. The number of pyridine rings is 1. The normalized spacial score (nSPS) is 11.4. The molecular formula is C17H8F5N5O2S. The minimum atomic E-state index is -1.22. The molecule has 30 heavy (non-hydrogen) atoms. The van der Waals surface area contributed by atoms with E-state index in [-0.39, 0.29) is 10.8 Å². The van der Waals surface area contributed by atoms with Gasteiger partial charge in [-0.2, -0.15) is 5.10 Å². The molecule has 4 rings (SSSR count). The highest BCUT2D eigenvalue weighted by molar-refractivity contribution is 7.98. The zero-order chi connectivity index (χ0) is 21.6. The number of benzene rings is 1. The molecule has 0 aliphatic heterocycles. The fourth-order valence-corrected chi connectivity index (χ4v) is 3.65. The molecule has 1 N–H and O–H groups in total. The Morgan fingerprint density at radius 1 is 0.967 bits per heavy atom. The molecule has 0 fully saturated rings. The van der Waals surface area contributed by atoms with Gasteiger partial charge in [-0.25, -0.2) is 22.0 Å². The second kappa shape index (κ2) is 7.40. The van der Waals surface area contributed by atoms with Gasteiger partial charge >= 0.3 is 0 Å². The summed E-state index contributed by atoms with van der Waals surface area (Å²) in [7, 11) is 0. The summed E-state index contributed by atoms with van der Waals surface area (Å²) in [6.45, 7) is 0. The van der Waals surface area contributed by atoms with Crippen molar-refractivity contribution < 1.29 is 22.0 Å². The van der Waals surface area contributed by atoms with Crippen molar-refractivity contribution in [3.63, 3.8) is 0 Å². The lowest BCUT2D eigenvalue weighted by molar-refractivity contribution is 0.531. The molecule has 3 heterocycles. The predicted octanol–water partition coefficient (Wildman–Crippen LogP) is 2.56. The van der Waals surface area contributed by atoms with Gasteiger partial charge in [-0.05, 0) is 0 Å². The van der Waals surface area contributed by atoms with E-state index in [4.69, 9.17) is 0 Å². The number of nitrogens with zero attached hydrogens (tertiary/aromatic N) is 4. The van der Waals surface area contributed by atoms with Crippen LogP contribution < -0.4 is 11.1 Å². The van der Waals surface area contributed by atoms with Crippen molar-refractivity contribution in [1.82, 2.24) is 24.4 Å². The molecule has 0 bridgehead atoms. The van der Waals surface area contributed by atoms with E-state index in [0.29, 0.717) is 28.5 Å². The number of rotatable bonds is 4. The van der Waals surface area contributed by atoms with E-state index in [9.17, 15) is 31.5 Å². The Morgan fingerprint density at radius 2 is 1.67 bits per heavy atom. The van der Waals surface area contributed by atoms with Crippen molar-refractivity contribution in [1.29, 1.82) is 0 Å². The first-order valence-electron chi connectivity index (χ1n) is 8.07. The third kappa shape index (κ3) is 3.36. The van der Waals surface area contributed by atoms with Crippen molar-refractivity contribution >= 4 is 17.3 Å². The van der Waals surface area contributed by atoms with E-state index >= 15 is 0 Å². The fraction of sp³-hybridized carbons (Fsp3) is 0.0588. The first kappa shape index (κ1) is 19.8. The maximum atomic E-state index is 14.0. The number of nitrogens with one attached hydrogen (secondary N) is 1. The average Bonchev–Trinajstić information content (AvgIpc) is 3.04. The second-order valence-corrected chi connectivity index (χ2v) is 6.87. The number of hydrogen-bond acceptors (Lipinski definition) is 5. The summed E-state index contributed by atoms with van der Waals surface area (Å²) in [4.78, 5) is 26.2. The van der Waals surface area contributed by atoms with E-state index in [1.807, 2.05) is 0 Å². The number of fused-ring (bicyclic) bond motifs is 1. The van der Waals surface area contributed by atoms with Gasteiger partial charge in [0.1, 0.15) is 17.5 Å². The number of aromatic amines is 1. The van der Waals surface area contributed by atoms with Crippen LogP contribution in [0.25, 0.3) is 11.2 Å². The molecule has 0 amide bonds. The molecule has 1 aromatic carbocycles. The maximum Gasteiger partial charge on any atom is 0.288 e. The Bertz CT molecular complexity index is 1390. The smallest absolute Gasteiger partial charge is 0.288 e. The van der Waals surface area contributed by atoms with Gasteiger partial charge in [0.2, 0.25) is 0 Å². The number of hydrogen-bond donors (Lipinski definition) is 1. The molecule has 4 aromatic rings. The van der Waals surface area contributed by atoms with Crippen LogP contribution in [0.4, 0.5) is 22.0 Å². The van der Waals surface area contributed by atoms with Crippen LogP contribution >= 0.6 is 11.8 Å². The minimum Gasteiger partial charge on any atom is -0.324 e. The number of H-pyrrole nitrogens is 1. The quantitative estimate of drug-likeness (QED) is 0.389. The maximum absolute atomic E-state index is 14.0. The van der Waals surface area contributed by atoms with Crippen molar-refractivity contribution in [3.8, 4) is 5.69 Å². The summed E-state index contributed by atoms with van der Waals surface area (Å²) in [5.41, 5.74) is -3.34. The second-order valence-electron chi connectivity index (χ2n) is 5.93. The molecule has 0 aliphatic rings. The largest absolute Gasteiger partial charge is 0.324 e. The van der Waals surface area contributed by atoms with Crippen LogP contribution in [0.1, 0.15) is 5.56 Å². The number of halogens is 5. The van der Waals surface area contributed by atoms with Crippen LogP contribution in [-0.2, 0) is 5.75 Å². The number of thioether (sulfide) groups is 1. The lowest BCUT2D eigenvalue weighted by atomic mass is 10.2. The van der Waals surface area contributed by atoms with Gasteiger partial charge in [0.05, 0.1) is 11.9 Å². The lowest BCUT2D eigenvalue weighted by Gasteiger charge is -2.12. The molecule has 0 aliphatic carbocycles. The zero-order valence-electron chi connectivity index (χ0n) is 14.5. The van der Waals surface area contributed by atoms with Crippen LogP contribution in [0.2, 0.25) is 0 Å². The third-order valence-corrected chi connectivity index (χ3v) is 4.99. The first-order valence-corrected chi connectivity index (χ1v) is 9.06. The van der Waals surface area contributed by atoms with Gasteiger partial charge in [0.25, 0.3) is 11.1 Å². The molecule has 3 aromatic heterocycles. The van der Waals surface area contributed by atoms with Crippen LogP contribution in [-0.4, -0.2) is 24.4 Å². The predicted molar refractivity (Wildman–Crippen MR) is 95.0 cm³/mol. The van der Waals surface area contributed by atoms with Gasteiger partial charge in [-0.3, -0.25) is 14.2 Å². The Balaban J connectivity index is 1.87. The molecule has 0 radical (unpaired) electrons. The molecule has 154 valence electrons. The molecule has 0 saturated carbocycles. The zero-order valence-corrected chi connectivity index (χ0v) is 15.3. The van der Waals surface area contributed by atoms with Crippen molar-refractivity contribution in [2.45, 2.75) is 10.9 Å².